The van der Waals surface area contributed by atoms with Crippen molar-refractivity contribution in [3.63, 3.8) is 0 Å². The van der Waals surface area contributed by atoms with Crippen LogP contribution in [0.3, 0.4) is 0 Å². The molecule has 4 nitrogen and oxygen atoms in total. The summed E-state index contributed by atoms with van der Waals surface area (Å²) in [5.41, 5.74) is 0. The summed E-state index contributed by atoms with van der Waals surface area (Å²) in [6.45, 7) is 2.00. The molecule has 80 valence electrons. The molecule has 0 aromatic carbocycles. The molecule has 0 aromatic rings. The van der Waals surface area contributed by atoms with Crippen LogP contribution in [0.1, 0.15) is 12.8 Å². The second-order valence-electron chi connectivity index (χ2n) is 2.12. The Morgan fingerprint density at radius 1 is 1.23 bits per heavy atom. The third kappa shape index (κ3) is 9.09. The molecule has 1 heterocycles. The number of carbonyl (C=O) groups is 1. The summed E-state index contributed by atoms with van der Waals surface area (Å²) in [4.78, 5) is 8.90. The van der Waals surface area contributed by atoms with Crippen LogP contribution in [0, 0.1) is 0 Å². The summed E-state index contributed by atoms with van der Waals surface area (Å²) >= 11 is 0. The summed E-state index contributed by atoms with van der Waals surface area (Å²) in [5.74, 6) is -2.76. The second-order valence-corrected chi connectivity index (χ2v) is 2.12. The van der Waals surface area contributed by atoms with Crippen LogP contribution in [0.2, 0.25) is 0 Å². The molecule has 0 atom stereocenters. The molecule has 0 aliphatic carbocycles. The first-order chi connectivity index (χ1) is 5.44. The number of carboxylic acids is 1. The molecule has 0 saturated carbocycles. The van der Waals surface area contributed by atoms with E-state index < -0.39 is 12.1 Å². The molecule has 0 amide bonds. The van der Waals surface area contributed by atoms with Crippen molar-refractivity contribution in [1.82, 2.24) is 0 Å². The van der Waals surface area contributed by atoms with E-state index >= 15 is 0 Å². The van der Waals surface area contributed by atoms with E-state index in [9.17, 15) is 13.2 Å². The Morgan fingerprint density at radius 2 is 1.54 bits per heavy atom. The molecule has 1 rings (SSSR count). The predicted molar refractivity (Wildman–Crippen MR) is 37.4 cm³/mol. The molecule has 3 N–H and O–H groups in total. The van der Waals surface area contributed by atoms with E-state index in [0.29, 0.717) is 0 Å². The average Bonchev–Trinajstić information content (AvgIpc) is 2.39. The van der Waals surface area contributed by atoms with Gasteiger partial charge in [-0.1, -0.05) is 0 Å². The predicted octanol–water partition coefficient (Wildman–Crippen LogP) is 0.605. The fourth-order valence-corrected chi connectivity index (χ4v) is 0.510. The summed E-state index contributed by atoms with van der Waals surface area (Å²) < 4.78 is 36.7. The van der Waals surface area contributed by atoms with Crippen LogP contribution in [-0.2, 0) is 9.53 Å². The van der Waals surface area contributed by atoms with Gasteiger partial charge in [-0.25, -0.2) is 4.79 Å². The fourth-order valence-electron chi connectivity index (χ4n) is 0.510. The first-order valence-corrected chi connectivity index (χ1v) is 3.32. The topological polar surface area (TPSA) is 78.0 Å². The standard InChI is InChI=1S/C4H8O.C2HF3O2.H2O/c1-2-4-5-3-1;3-2(4,5)1(6)7;/h1-4H2;(H,6,7);1H2. The number of aliphatic carboxylic acids is 1. The van der Waals surface area contributed by atoms with Crippen molar-refractivity contribution in [2.75, 3.05) is 13.2 Å². The second kappa shape index (κ2) is 6.67. The van der Waals surface area contributed by atoms with Gasteiger partial charge in [0.05, 0.1) is 0 Å². The van der Waals surface area contributed by atoms with E-state index in [1.165, 1.54) is 12.8 Å². The van der Waals surface area contributed by atoms with Gasteiger partial charge in [0, 0.05) is 13.2 Å². The molecule has 7 heteroatoms. The molecule has 0 aromatic heterocycles. The monoisotopic (exact) mass is 204 g/mol. The van der Waals surface area contributed by atoms with Gasteiger partial charge in [0.15, 0.2) is 0 Å². The van der Waals surface area contributed by atoms with Crippen LogP contribution < -0.4 is 0 Å². The molecule has 13 heavy (non-hydrogen) atoms. The Morgan fingerprint density at radius 3 is 1.62 bits per heavy atom. The van der Waals surface area contributed by atoms with E-state index in [2.05, 4.69) is 0 Å². The maximum absolute atomic E-state index is 10.6. The highest BCUT2D eigenvalue weighted by Crippen LogP contribution is 2.13. The Bertz CT molecular complexity index is 134. The molecule has 1 saturated heterocycles. The number of hydrogen-bond donors (Lipinski definition) is 1. The van der Waals surface area contributed by atoms with Crippen LogP contribution in [0.5, 0.6) is 0 Å². The van der Waals surface area contributed by atoms with E-state index in [0.717, 1.165) is 13.2 Å². The van der Waals surface area contributed by atoms with Crippen LogP contribution in [-0.4, -0.2) is 35.9 Å². The summed E-state index contributed by atoms with van der Waals surface area (Å²) in [6, 6.07) is 0. The molecular formula is C6H11F3O4. The Kier molecular flexibility index (Phi) is 7.54. The van der Waals surface area contributed by atoms with Crippen molar-refractivity contribution >= 4 is 5.97 Å². The first kappa shape index (κ1) is 14.7. The third-order valence-electron chi connectivity index (χ3n) is 1.07. The van der Waals surface area contributed by atoms with Crippen molar-refractivity contribution in [2.45, 2.75) is 19.0 Å². The van der Waals surface area contributed by atoms with Gasteiger partial charge in [-0.05, 0) is 12.8 Å². The van der Waals surface area contributed by atoms with Crippen molar-refractivity contribution < 1.29 is 33.3 Å². The van der Waals surface area contributed by atoms with Crippen LogP contribution in [0.25, 0.3) is 0 Å². The summed E-state index contributed by atoms with van der Waals surface area (Å²) in [5, 5.41) is 7.12. The maximum Gasteiger partial charge on any atom is 0.490 e. The van der Waals surface area contributed by atoms with Gasteiger partial charge in [0.2, 0.25) is 0 Å². The minimum absolute atomic E-state index is 0. The Hall–Kier alpha value is -0.820. The molecule has 0 radical (unpaired) electrons. The van der Waals surface area contributed by atoms with Crippen molar-refractivity contribution in [3.05, 3.63) is 0 Å². The van der Waals surface area contributed by atoms with Gasteiger partial charge < -0.3 is 15.3 Å². The fraction of sp³-hybridized carbons (Fsp3) is 0.833. The van der Waals surface area contributed by atoms with Gasteiger partial charge >= 0.3 is 12.1 Å². The highest BCUT2D eigenvalue weighted by atomic mass is 19.4. The van der Waals surface area contributed by atoms with Gasteiger partial charge in [-0.2, -0.15) is 13.2 Å². The van der Waals surface area contributed by atoms with Crippen LogP contribution >= 0.6 is 0 Å². The molecular weight excluding hydrogens is 193 g/mol. The first-order valence-electron chi connectivity index (χ1n) is 3.32. The van der Waals surface area contributed by atoms with Crippen LogP contribution in [0.15, 0.2) is 0 Å². The lowest BCUT2D eigenvalue weighted by atomic mass is 10.4. The summed E-state index contributed by atoms with van der Waals surface area (Å²) in [7, 11) is 0. The lowest BCUT2D eigenvalue weighted by Gasteiger charge is -1.93. The van der Waals surface area contributed by atoms with Crippen molar-refractivity contribution in [3.8, 4) is 0 Å². The normalized spacial score (nSPS) is 15.3. The number of hydrogen-bond acceptors (Lipinski definition) is 2. The minimum atomic E-state index is -5.08. The molecule has 1 aliphatic rings. The van der Waals surface area contributed by atoms with Gasteiger partial charge in [-0.3, -0.25) is 0 Å². The number of alkyl halides is 3. The number of rotatable bonds is 0. The van der Waals surface area contributed by atoms with E-state index in [1.807, 2.05) is 0 Å². The number of ether oxygens (including phenoxy) is 1. The molecule has 0 unspecified atom stereocenters. The SMILES string of the molecule is C1CCOC1.O.O=C(O)C(F)(F)F. The van der Waals surface area contributed by atoms with Crippen molar-refractivity contribution in [1.29, 1.82) is 0 Å². The lowest BCUT2D eigenvalue weighted by Crippen LogP contribution is -2.21. The minimum Gasteiger partial charge on any atom is -0.475 e. The molecule has 0 spiro atoms. The zero-order valence-corrected chi connectivity index (χ0v) is 6.73. The summed E-state index contributed by atoms with van der Waals surface area (Å²) in [6.07, 6.45) is -2.53. The molecule has 1 aliphatic heterocycles. The zero-order chi connectivity index (χ0) is 9.61. The lowest BCUT2D eigenvalue weighted by molar-refractivity contribution is -0.192. The zero-order valence-electron chi connectivity index (χ0n) is 6.73. The molecule has 0 bridgehead atoms. The molecule has 1 fully saturated rings. The Labute approximate surface area is 72.6 Å². The largest absolute Gasteiger partial charge is 0.490 e. The van der Waals surface area contributed by atoms with E-state index in [1.54, 1.807) is 0 Å². The van der Waals surface area contributed by atoms with Crippen molar-refractivity contribution in [2.24, 2.45) is 0 Å². The van der Waals surface area contributed by atoms with E-state index in [-0.39, 0.29) is 5.48 Å². The maximum atomic E-state index is 10.6. The highest BCUT2D eigenvalue weighted by molar-refractivity contribution is 5.73. The Balaban J connectivity index is 0. The number of halogens is 3. The number of carboxylic acid groups (broad SMARTS) is 1. The van der Waals surface area contributed by atoms with Gasteiger partial charge in [0.1, 0.15) is 0 Å². The van der Waals surface area contributed by atoms with E-state index in [4.69, 9.17) is 14.6 Å². The van der Waals surface area contributed by atoms with Crippen LogP contribution in [0.4, 0.5) is 13.2 Å². The third-order valence-corrected chi connectivity index (χ3v) is 1.07. The average molecular weight is 204 g/mol. The van der Waals surface area contributed by atoms with Gasteiger partial charge in [-0.15, -0.1) is 0 Å². The highest BCUT2D eigenvalue weighted by Gasteiger charge is 2.38. The van der Waals surface area contributed by atoms with Gasteiger partial charge in [0.25, 0.3) is 0 Å². The quantitative estimate of drug-likeness (QED) is 0.627. The smallest absolute Gasteiger partial charge is 0.475 e.